The normalized spacial score (nSPS) is 17.9. The van der Waals surface area contributed by atoms with E-state index in [1.807, 2.05) is 0 Å². The summed E-state index contributed by atoms with van der Waals surface area (Å²) >= 11 is 0. The molecule has 1 aliphatic heterocycles. The van der Waals surface area contributed by atoms with Gasteiger partial charge in [-0.2, -0.15) is 13.2 Å². The Kier molecular flexibility index (Phi) is 13.8. The highest BCUT2D eigenvalue weighted by Crippen LogP contribution is 2.29. The molecule has 6 nitrogen and oxygen atoms in total. The number of benzene rings is 2. The topological polar surface area (TPSA) is 71.1 Å². The zero-order valence-corrected chi connectivity index (χ0v) is 24.6. The first-order valence-electron chi connectivity index (χ1n) is 15.1. The molecule has 1 saturated heterocycles. The Balaban J connectivity index is 1.47. The molecule has 0 saturated carbocycles. The van der Waals surface area contributed by atoms with Gasteiger partial charge in [-0.25, -0.2) is 9.59 Å². The van der Waals surface area contributed by atoms with Gasteiger partial charge >= 0.3 is 18.1 Å². The Bertz CT molecular complexity index is 1080. The number of rotatable bonds is 16. The number of unbranched alkanes of at least 4 members (excludes halogenated alkanes) is 7. The number of esters is 2. The van der Waals surface area contributed by atoms with Crippen molar-refractivity contribution in [1.29, 1.82) is 0 Å². The fourth-order valence-electron chi connectivity index (χ4n) is 4.78. The van der Waals surface area contributed by atoms with Crippen LogP contribution < -0.4 is 4.74 Å². The second-order valence-electron chi connectivity index (χ2n) is 10.9. The van der Waals surface area contributed by atoms with Crippen LogP contribution in [-0.4, -0.2) is 37.4 Å². The second-order valence-corrected chi connectivity index (χ2v) is 10.9. The predicted molar refractivity (Wildman–Crippen MR) is 153 cm³/mol. The van der Waals surface area contributed by atoms with Crippen molar-refractivity contribution in [3.63, 3.8) is 0 Å². The molecule has 1 atom stereocenters. The molecule has 9 heteroatoms. The summed E-state index contributed by atoms with van der Waals surface area (Å²) in [6.45, 7) is 5.52. The lowest BCUT2D eigenvalue weighted by molar-refractivity contribution is -0.206. The molecule has 0 aliphatic carbocycles. The molecule has 0 bridgehead atoms. The van der Waals surface area contributed by atoms with Gasteiger partial charge in [-0.15, -0.1) is 0 Å². The van der Waals surface area contributed by atoms with Crippen LogP contribution in [0.1, 0.15) is 117 Å². The standard InChI is InChI=1S/C33H43F3O6/c1-3-5-7-8-9-11-13-29(33(34,35)36)42-31(38)26-18-20-28(21-19-26)41-30(37)25-14-16-27(17-15-25)32-39-22-24(23-40-32)12-10-6-4-2/h14-21,24,29,32H,3-13,22-23H2,1-2H3/t24-,29-,32-/m1/s1. The first-order chi connectivity index (χ1) is 20.2. The summed E-state index contributed by atoms with van der Waals surface area (Å²) in [6, 6.07) is 12.0. The van der Waals surface area contributed by atoms with Crippen LogP contribution in [0.4, 0.5) is 13.2 Å². The van der Waals surface area contributed by atoms with E-state index >= 15 is 0 Å². The first kappa shape index (κ1) is 33.6. The van der Waals surface area contributed by atoms with Gasteiger partial charge in [-0.3, -0.25) is 0 Å². The van der Waals surface area contributed by atoms with E-state index in [9.17, 15) is 22.8 Å². The lowest BCUT2D eigenvalue weighted by Crippen LogP contribution is -2.33. The number of hydrogen-bond acceptors (Lipinski definition) is 6. The molecule has 232 valence electrons. The zero-order chi connectivity index (χ0) is 30.4. The molecule has 0 aromatic heterocycles. The van der Waals surface area contributed by atoms with Crippen molar-refractivity contribution < 1.29 is 41.7 Å². The van der Waals surface area contributed by atoms with E-state index in [2.05, 4.69) is 13.8 Å². The minimum atomic E-state index is -4.64. The third-order valence-corrected chi connectivity index (χ3v) is 7.34. The highest BCUT2D eigenvalue weighted by molar-refractivity contribution is 5.92. The molecule has 2 aromatic carbocycles. The fraction of sp³-hybridized carbons (Fsp3) is 0.576. The van der Waals surface area contributed by atoms with E-state index in [1.165, 1.54) is 43.5 Å². The van der Waals surface area contributed by atoms with Gasteiger partial charge in [0.1, 0.15) is 5.75 Å². The van der Waals surface area contributed by atoms with Crippen molar-refractivity contribution >= 4 is 11.9 Å². The fourth-order valence-corrected chi connectivity index (χ4v) is 4.78. The summed E-state index contributed by atoms with van der Waals surface area (Å²) in [5.41, 5.74) is 1.05. The molecule has 1 fully saturated rings. The molecule has 1 aliphatic rings. The molecule has 42 heavy (non-hydrogen) atoms. The summed E-state index contributed by atoms with van der Waals surface area (Å²) in [4.78, 5) is 25.0. The minimum absolute atomic E-state index is 0.0589. The third kappa shape index (κ3) is 11.1. The maximum Gasteiger partial charge on any atom is 0.425 e. The number of halogens is 3. The van der Waals surface area contributed by atoms with Gasteiger partial charge in [0.25, 0.3) is 0 Å². The van der Waals surface area contributed by atoms with Gasteiger partial charge in [0.2, 0.25) is 0 Å². The van der Waals surface area contributed by atoms with E-state index in [0.29, 0.717) is 37.5 Å². The second kappa shape index (κ2) is 17.3. The third-order valence-electron chi connectivity index (χ3n) is 7.34. The molecular formula is C33H43F3O6. The molecular weight excluding hydrogens is 549 g/mol. The minimum Gasteiger partial charge on any atom is -0.449 e. The monoisotopic (exact) mass is 592 g/mol. The van der Waals surface area contributed by atoms with E-state index in [0.717, 1.165) is 37.7 Å². The Hall–Kier alpha value is -2.91. The van der Waals surface area contributed by atoms with Gasteiger partial charge in [-0.05, 0) is 55.7 Å². The van der Waals surface area contributed by atoms with Crippen molar-refractivity contribution in [3.05, 3.63) is 65.2 Å². The Morgan fingerprint density at radius 2 is 1.33 bits per heavy atom. The maximum atomic E-state index is 13.4. The van der Waals surface area contributed by atoms with Crippen LogP contribution in [0.15, 0.2) is 48.5 Å². The number of alkyl halides is 3. The van der Waals surface area contributed by atoms with Crippen LogP contribution in [0, 0.1) is 5.92 Å². The molecule has 0 spiro atoms. The molecule has 0 unspecified atom stereocenters. The Labute approximate surface area is 246 Å². The van der Waals surface area contributed by atoms with Crippen LogP contribution >= 0.6 is 0 Å². The van der Waals surface area contributed by atoms with E-state index < -0.39 is 30.5 Å². The van der Waals surface area contributed by atoms with Crippen LogP contribution in [0.2, 0.25) is 0 Å². The van der Waals surface area contributed by atoms with Crippen LogP contribution in [0.25, 0.3) is 0 Å². The average molecular weight is 593 g/mol. The highest BCUT2D eigenvalue weighted by Gasteiger charge is 2.42. The van der Waals surface area contributed by atoms with Crippen molar-refractivity contribution in [1.82, 2.24) is 0 Å². The summed E-state index contributed by atoms with van der Waals surface area (Å²) in [5, 5.41) is 0. The van der Waals surface area contributed by atoms with Crippen molar-refractivity contribution in [2.45, 2.75) is 103 Å². The number of carbonyl (C=O) groups is 2. The van der Waals surface area contributed by atoms with E-state index in [1.54, 1.807) is 24.3 Å². The predicted octanol–water partition coefficient (Wildman–Crippen LogP) is 8.99. The van der Waals surface area contributed by atoms with Crippen LogP contribution in [-0.2, 0) is 14.2 Å². The molecule has 0 amide bonds. The van der Waals surface area contributed by atoms with E-state index in [-0.39, 0.29) is 17.7 Å². The Morgan fingerprint density at radius 3 is 1.95 bits per heavy atom. The van der Waals surface area contributed by atoms with Crippen LogP contribution in [0.5, 0.6) is 5.75 Å². The van der Waals surface area contributed by atoms with Crippen LogP contribution in [0.3, 0.4) is 0 Å². The molecule has 0 N–H and O–H groups in total. The largest absolute Gasteiger partial charge is 0.449 e. The highest BCUT2D eigenvalue weighted by atomic mass is 19.4. The van der Waals surface area contributed by atoms with Crippen molar-refractivity contribution in [2.75, 3.05) is 13.2 Å². The maximum absolute atomic E-state index is 13.4. The average Bonchev–Trinajstić information content (AvgIpc) is 2.98. The SMILES string of the molecule is CCCCCCCC[C@@H](OC(=O)c1ccc(OC(=O)c2ccc([C@H]3OC[C@H](CCCCC)CO3)cc2)cc1)C(F)(F)F. The van der Waals surface area contributed by atoms with Crippen molar-refractivity contribution in [2.24, 2.45) is 5.92 Å². The zero-order valence-electron chi connectivity index (χ0n) is 24.6. The van der Waals surface area contributed by atoms with Gasteiger partial charge in [0, 0.05) is 11.5 Å². The summed E-state index contributed by atoms with van der Waals surface area (Å²) in [6.07, 6.45) is 2.03. The quantitative estimate of drug-likeness (QED) is 0.110. The molecule has 1 heterocycles. The van der Waals surface area contributed by atoms with Gasteiger partial charge < -0.3 is 18.9 Å². The Morgan fingerprint density at radius 1 is 0.786 bits per heavy atom. The first-order valence-corrected chi connectivity index (χ1v) is 15.1. The lowest BCUT2D eigenvalue weighted by atomic mass is 10.0. The smallest absolute Gasteiger partial charge is 0.425 e. The van der Waals surface area contributed by atoms with Crippen molar-refractivity contribution in [3.8, 4) is 5.75 Å². The number of hydrogen-bond donors (Lipinski definition) is 0. The number of carbonyl (C=O) groups excluding carboxylic acids is 2. The lowest BCUT2D eigenvalue weighted by Gasteiger charge is -2.29. The van der Waals surface area contributed by atoms with Gasteiger partial charge in [-0.1, -0.05) is 77.3 Å². The molecule has 2 aromatic rings. The summed E-state index contributed by atoms with van der Waals surface area (Å²) in [5.74, 6) is -1.15. The summed E-state index contributed by atoms with van der Waals surface area (Å²) < 4.78 is 62.3. The van der Waals surface area contributed by atoms with Gasteiger partial charge in [0.05, 0.1) is 24.3 Å². The summed E-state index contributed by atoms with van der Waals surface area (Å²) in [7, 11) is 0. The number of ether oxygens (including phenoxy) is 4. The van der Waals surface area contributed by atoms with E-state index in [4.69, 9.17) is 18.9 Å². The molecule has 0 radical (unpaired) electrons. The van der Waals surface area contributed by atoms with Gasteiger partial charge in [0.15, 0.2) is 12.4 Å². The molecule has 3 rings (SSSR count).